The van der Waals surface area contributed by atoms with Crippen LogP contribution in [-0.2, 0) is 20.6 Å². The predicted octanol–water partition coefficient (Wildman–Crippen LogP) is 1.14. The predicted molar refractivity (Wildman–Crippen MR) is 59.9 cm³/mol. The number of hydrogen-bond donors (Lipinski definition) is 0. The first-order chi connectivity index (χ1) is 7.77. The van der Waals surface area contributed by atoms with Gasteiger partial charge in [0.1, 0.15) is 0 Å². The average molecular weight is 245 g/mol. The molecule has 0 atom stereocenters. The largest absolute Gasteiger partial charge is 0.464 e. The number of carbonyl (C=O) groups is 1. The van der Waals surface area contributed by atoms with E-state index in [0.717, 1.165) is 5.01 Å². The molecule has 0 bridgehead atoms. The van der Waals surface area contributed by atoms with Crippen LogP contribution in [0.15, 0.2) is 5.38 Å². The smallest absolute Gasteiger partial charge is 0.357 e. The number of thiazole rings is 1. The quantitative estimate of drug-likeness (QED) is 0.532. The maximum atomic E-state index is 11.1. The second kappa shape index (κ2) is 7.32. The summed E-state index contributed by atoms with van der Waals surface area (Å²) in [6.07, 6.45) is 0.700. The van der Waals surface area contributed by atoms with Gasteiger partial charge >= 0.3 is 5.97 Å². The molecule has 0 saturated heterocycles. The van der Waals surface area contributed by atoms with E-state index in [2.05, 4.69) is 9.72 Å². The molecule has 0 aliphatic heterocycles. The zero-order chi connectivity index (χ0) is 11.8. The Morgan fingerprint density at radius 2 is 2.19 bits per heavy atom. The average Bonchev–Trinajstić information content (AvgIpc) is 2.76. The van der Waals surface area contributed by atoms with Crippen LogP contribution in [0.4, 0.5) is 0 Å². The summed E-state index contributed by atoms with van der Waals surface area (Å²) in [6, 6.07) is 0. The zero-order valence-electron chi connectivity index (χ0n) is 9.39. The monoisotopic (exact) mass is 245 g/mol. The van der Waals surface area contributed by atoms with Gasteiger partial charge in [0, 0.05) is 18.9 Å². The number of rotatable bonds is 7. The topological polar surface area (TPSA) is 57.7 Å². The first-order valence-electron chi connectivity index (χ1n) is 4.87. The molecule has 0 amide bonds. The highest BCUT2D eigenvalue weighted by Gasteiger charge is 2.10. The summed E-state index contributed by atoms with van der Waals surface area (Å²) in [5, 5.41) is 2.56. The SMILES string of the molecule is COCCOCCc1nc(C(=O)OC)cs1. The molecule has 0 saturated carbocycles. The lowest BCUT2D eigenvalue weighted by Crippen LogP contribution is -2.05. The Morgan fingerprint density at radius 3 is 2.88 bits per heavy atom. The van der Waals surface area contributed by atoms with Gasteiger partial charge < -0.3 is 14.2 Å². The summed E-state index contributed by atoms with van der Waals surface area (Å²) >= 11 is 1.43. The van der Waals surface area contributed by atoms with Crippen LogP contribution in [0, 0.1) is 0 Å². The number of nitrogens with zero attached hydrogens (tertiary/aromatic N) is 1. The van der Waals surface area contributed by atoms with Gasteiger partial charge in [-0.1, -0.05) is 0 Å². The van der Waals surface area contributed by atoms with E-state index in [1.807, 2.05) is 0 Å². The summed E-state index contributed by atoms with van der Waals surface area (Å²) in [5.41, 5.74) is 0.361. The molecule has 6 heteroatoms. The van der Waals surface area contributed by atoms with E-state index in [0.29, 0.717) is 31.9 Å². The highest BCUT2D eigenvalue weighted by atomic mass is 32.1. The summed E-state index contributed by atoms with van der Waals surface area (Å²) in [5.74, 6) is -0.400. The van der Waals surface area contributed by atoms with Gasteiger partial charge in [-0.15, -0.1) is 11.3 Å². The molecule has 0 fully saturated rings. The Bertz CT molecular complexity index is 326. The second-order valence-corrected chi connectivity index (χ2v) is 3.92. The van der Waals surface area contributed by atoms with Gasteiger partial charge in [0.05, 0.1) is 31.9 Å². The molecule has 5 nitrogen and oxygen atoms in total. The zero-order valence-corrected chi connectivity index (χ0v) is 10.2. The van der Waals surface area contributed by atoms with E-state index < -0.39 is 5.97 Å². The molecule has 1 rings (SSSR count). The standard InChI is InChI=1S/C10H15NO4S/c1-13-5-6-15-4-3-9-11-8(7-16-9)10(12)14-2/h7H,3-6H2,1-2H3. The van der Waals surface area contributed by atoms with Crippen LogP contribution < -0.4 is 0 Å². The van der Waals surface area contributed by atoms with Crippen molar-refractivity contribution in [1.29, 1.82) is 0 Å². The van der Waals surface area contributed by atoms with Gasteiger partial charge in [0.2, 0.25) is 0 Å². The molecule has 0 radical (unpaired) electrons. The van der Waals surface area contributed by atoms with Crippen molar-refractivity contribution in [3.63, 3.8) is 0 Å². The molecule has 0 aliphatic carbocycles. The Kier molecular flexibility index (Phi) is 5.99. The fourth-order valence-electron chi connectivity index (χ4n) is 1.03. The lowest BCUT2D eigenvalue weighted by molar-refractivity contribution is 0.0594. The van der Waals surface area contributed by atoms with Crippen molar-refractivity contribution >= 4 is 17.3 Å². The van der Waals surface area contributed by atoms with Gasteiger partial charge in [0.25, 0.3) is 0 Å². The van der Waals surface area contributed by atoms with E-state index >= 15 is 0 Å². The van der Waals surface area contributed by atoms with Crippen LogP contribution in [0.3, 0.4) is 0 Å². The molecule has 0 aliphatic rings. The first-order valence-corrected chi connectivity index (χ1v) is 5.75. The molecular formula is C10H15NO4S. The molecule has 0 unspecified atom stereocenters. The fourth-order valence-corrected chi connectivity index (χ4v) is 1.78. The lowest BCUT2D eigenvalue weighted by Gasteiger charge is -2.00. The number of hydrogen-bond acceptors (Lipinski definition) is 6. The van der Waals surface area contributed by atoms with Crippen molar-refractivity contribution in [2.75, 3.05) is 34.0 Å². The minimum Gasteiger partial charge on any atom is -0.464 e. The van der Waals surface area contributed by atoms with E-state index in [1.54, 1.807) is 12.5 Å². The van der Waals surface area contributed by atoms with Crippen LogP contribution in [0.1, 0.15) is 15.5 Å². The first kappa shape index (κ1) is 13.1. The van der Waals surface area contributed by atoms with Crippen molar-refractivity contribution < 1.29 is 19.0 Å². The molecular weight excluding hydrogens is 230 g/mol. The molecule has 90 valence electrons. The molecule has 1 heterocycles. The summed E-state index contributed by atoms with van der Waals surface area (Å²) in [4.78, 5) is 15.2. The molecule has 0 spiro atoms. The third-order valence-corrected chi connectivity index (χ3v) is 2.75. The van der Waals surface area contributed by atoms with Gasteiger partial charge in [-0.2, -0.15) is 0 Å². The maximum absolute atomic E-state index is 11.1. The fraction of sp³-hybridized carbons (Fsp3) is 0.600. The molecule has 16 heavy (non-hydrogen) atoms. The molecule has 1 aromatic rings. The number of aromatic nitrogens is 1. The Labute approximate surface area is 98.3 Å². The van der Waals surface area contributed by atoms with Crippen molar-refractivity contribution in [3.05, 3.63) is 16.1 Å². The maximum Gasteiger partial charge on any atom is 0.357 e. The summed E-state index contributed by atoms with van der Waals surface area (Å²) in [7, 11) is 2.97. The lowest BCUT2D eigenvalue weighted by atomic mass is 10.4. The Balaban J connectivity index is 2.27. The third kappa shape index (κ3) is 4.26. The number of ether oxygens (including phenoxy) is 3. The van der Waals surface area contributed by atoms with Crippen molar-refractivity contribution in [3.8, 4) is 0 Å². The van der Waals surface area contributed by atoms with Crippen LogP contribution in [-0.4, -0.2) is 45.0 Å². The van der Waals surface area contributed by atoms with Crippen LogP contribution in [0.2, 0.25) is 0 Å². The van der Waals surface area contributed by atoms with E-state index in [4.69, 9.17) is 9.47 Å². The minimum atomic E-state index is -0.400. The van der Waals surface area contributed by atoms with Gasteiger partial charge in [-0.25, -0.2) is 9.78 Å². The van der Waals surface area contributed by atoms with Crippen LogP contribution >= 0.6 is 11.3 Å². The van der Waals surface area contributed by atoms with Crippen molar-refractivity contribution in [2.24, 2.45) is 0 Å². The Morgan fingerprint density at radius 1 is 1.38 bits per heavy atom. The van der Waals surface area contributed by atoms with Gasteiger partial charge in [-0.3, -0.25) is 0 Å². The van der Waals surface area contributed by atoms with Gasteiger partial charge in [0.15, 0.2) is 5.69 Å². The van der Waals surface area contributed by atoms with Crippen LogP contribution in [0.5, 0.6) is 0 Å². The third-order valence-electron chi connectivity index (χ3n) is 1.84. The minimum absolute atomic E-state index is 0.361. The molecule has 0 N–H and O–H groups in total. The van der Waals surface area contributed by atoms with E-state index in [9.17, 15) is 4.79 Å². The number of carbonyl (C=O) groups excluding carboxylic acids is 1. The summed E-state index contributed by atoms with van der Waals surface area (Å²) in [6.45, 7) is 1.74. The second-order valence-electron chi connectivity index (χ2n) is 2.97. The Hall–Kier alpha value is -0.980. The number of methoxy groups -OCH3 is 2. The van der Waals surface area contributed by atoms with Gasteiger partial charge in [-0.05, 0) is 0 Å². The number of esters is 1. The molecule has 0 aromatic carbocycles. The van der Waals surface area contributed by atoms with E-state index in [1.165, 1.54) is 18.4 Å². The van der Waals surface area contributed by atoms with Crippen LogP contribution in [0.25, 0.3) is 0 Å². The van der Waals surface area contributed by atoms with Crippen molar-refractivity contribution in [2.45, 2.75) is 6.42 Å². The highest BCUT2D eigenvalue weighted by Crippen LogP contribution is 2.11. The summed E-state index contributed by atoms with van der Waals surface area (Å²) < 4.78 is 14.7. The van der Waals surface area contributed by atoms with E-state index in [-0.39, 0.29) is 0 Å². The normalized spacial score (nSPS) is 10.4. The highest BCUT2D eigenvalue weighted by molar-refractivity contribution is 7.09. The van der Waals surface area contributed by atoms with Crippen molar-refractivity contribution in [1.82, 2.24) is 4.98 Å². The molecule has 1 aromatic heterocycles.